The molecule has 70 valence electrons. The van der Waals surface area contributed by atoms with Crippen LogP contribution in [0.3, 0.4) is 0 Å². The Morgan fingerprint density at radius 1 is 1.77 bits per heavy atom. The zero-order chi connectivity index (χ0) is 9.26. The molecule has 1 aromatic heterocycles. The molecular formula is C9H13N3O. The molecule has 1 aliphatic rings. The predicted octanol–water partition coefficient (Wildman–Crippen LogP) is 0.653. The lowest BCUT2D eigenvalue weighted by Gasteiger charge is -2.04. The predicted molar refractivity (Wildman–Crippen MR) is 48.3 cm³/mol. The average molecular weight is 179 g/mol. The van der Waals surface area contributed by atoms with Gasteiger partial charge in [0.2, 0.25) is 0 Å². The van der Waals surface area contributed by atoms with Crippen molar-refractivity contribution in [3.05, 3.63) is 18.0 Å². The van der Waals surface area contributed by atoms with Crippen molar-refractivity contribution >= 4 is 5.91 Å². The number of hydrogen-bond donors (Lipinski definition) is 1. The Balaban J connectivity index is 2.14. The Bertz CT molecular complexity index is 314. The summed E-state index contributed by atoms with van der Waals surface area (Å²) in [5, 5.41) is 6.72. The summed E-state index contributed by atoms with van der Waals surface area (Å²) in [6, 6.07) is 1.75. The van der Waals surface area contributed by atoms with Crippen LogP contribution in [0.4, 0.5) is 0 Å². The van der Waals surface area contributed by atoms with Crippen LogP contribution >= 0.6 is 0 Å². The first-order valence-corrected chi connectivity index (χ1v) is 4.55. The largest absolute Gasteiger partial charge is 0.354 e. The Labute approximate surface area is 76.9 Å². The molecule has 1 saturated carbocycles. The van der Waals surface area contributed by atoms with E-state index in [1.54, 1.807) is 24.0 Å². The Kier molecular flexibility index (Phi) is 2.04. The Morgan fingerprint density at radius 3 is 3.15 bits per heavy atom. The van der Waals surface area contributed by atoms with Gasteiger partial charge in [0.1, 0.15) is 5.69 Å². The highest BCUT2D eigenvalue weighted by Gasteiger charge is 2.23. The van der Waals surface area contributed by atoms with Gasteiger partial charge in [0.05, 0.1) is 0 Å². The first-order chi connectivity index (χ1) is 6.31. The SMILES string of the molecule is CNC(=O)c1ccnn1CC1CC1. The molecule has 1 heterocycles. The van der Waals surface area contributed by atoms with Crippen LogP contribution in [0.25, 0.3) is 0 Å². The number of carbonyl (C=O) groups is 1. The van der Waals surface area contributed by atoms with Crippen molar-refractivity contribution in [3.8, 4) is 0 Å². The zero-order valence-corrected chi connectivity index (χ0v) is 7.66. The van der Waals surface area contributed by atoms with Crippen LogP contribution in [0.1, 0.15) is 23.3 Å². The standard InChI is InChI=1S/C9H13N3O/c1-10-9(13)8-4-5-11-12(8)6-7-2-3-7/h4-5,7H,2-3,6H2,1H3,(H,10,13). The maximum Gasteiger partial charge on any atom is 0.269 e. The van der Waals surface area contributed by atoms with E-state index in [1.165, 1.54) is 12.8 Å². The lowest BCUT2D eigenvalue weighted by Crippen LogP contribution is -2.22. The molecule has 0 unspecified atom stereocenters. The number of rotatable bonds is 3. The molecule has 13 heavy (non-hydrogen) atoms. The second kappa shape index (κ2) is 3.20. The lowest BCUT2D eigenvalue weighted by atomic mass is 10.3. The second-order valence-electron chi connectivity index (χ2n) is 3.42. The van der Waals surface area contributed by atoms with Crippen molar-refractivity contribution in [2.75, 3.05) is 7.05 Å². The molecule has 1 amide bonds. The first kappa shape index (κ1) is 8.29. The molecule has 1 N–H and O–H groups in total. The van der Waals surface area contributed by atoms with E-state index in [9.17, 15) is 4.79 Å². The molecule has 0 spiro atoms. The third-order valence-corrected chi connectivity index (χ3v) is 2.30. The van der Waals surface area contributed by atoms with Crippen LogP contribution in [0.15, 0.2) is 12.3 Å². The molecule has 0 radical (unpaired) electrons. The van der Waals surface area contributed by atoms with Crippen molar-refractivity contribution in [1.29, 1.82) is 0 Å². The van der Waals surface area contributed by atoms with Crippen LogP contribution in [0.2, 0.25) is 0 Å². The average Bonchev–Trinajstić information content (AvgIpc) is 2.82. The van der Waals surface area contributed by atoms with E-state index >= 15 is 0 Å². The van der Waals surface area contributed by atoms with Gasteiger partial charge in [-0.3, -0.25) is 9.48 Å². The maximum absolute atomic E-state index is 11.3. The molecule has 0 aliphatic heterocycles. The molecule has 4 nitrogen and oxygen atoms in total. The van der Waals surface area contributed by atoms with Gasteiger partial charge < -0.3 is 5.32 Å². The molecule has 0 bridgehead atoms. The molecule has 1 aliphatic carbocycles. The van der Waals surface area contributed by atoms with E-state index in [0.29, 0.717) is 5.69 Å². The van der Waals surface area contributed by atoms with Gasteiger partial charge in [0.15, 0.2) is 0 Å². The molecule has 0 saturated heterocycles. The fourth-order valence-corrected chi connectivity index (χ4v) is 1.34. The van der Waals surface area contributed by atoms with Gasteiger partial charge in [-0.25, -0.2) is 0 Å². The molecule has 4 heteroatoms. The van der Waals surface area contributed by atoms with E-state index in [1.807, 2.05) is 0 Å². The number of hydrogen-bond acceptors (Lipinski definition) is 2. The molecule has 0 atom stereocenters. The minimum Gasteiger partial charge on any atom is -0.354 e. The summed E-state index contributed by atoms with van der Waals surface area (Å²) in [6.45, 7) is 0.885. The Morgan fingerprint density at radius 2 is 2.54 bits per heavy atom. The van der Waals surface area contributed by atoms with Crippen molar-refractivity contribution in [1.82, 2.24) is 15.1 Å². The highest BCUT2D eigenvalue weighted by molar-refractivity contribution is 5.92. The van der Waals surface area contributed by atoms with Gasteiger partial charge in [-0.15, -0.1) is 0 Å². The quantitative estimate of drug-likeness (QED) is 0.740. The maximum atomic E-state index is 11.3. The lowest BCUT2D eigenvalue weighted by molar-refractivity contribution is 0.0952. The number of carbonyl (C=O) groups excluding carboxylic acids is 1. The normalized spacial score (nSPS) is 15.8. The van der Waals surface area contributed by atoms with Crippen molar-refractivity contribution in [2.45, 2.75) is 19.4 Å². The van der Waals surface area contributed by atoms with E-state index in [0.717, 1.165) is 12.5 Å². The molecule has 1 aromatic rings. The summed E-state index contributed by atoms with van der Waals surface area (Å²) >= 11 is 0. The summed E-state index contributed by atoms with van der Waals surface area (Å²) in [7, 11) is 1.64. The van der Waals surface area contributed by atoms with Gasteiger partial charge >= 0.3 is 0 Å². The number of nitrogens with one attached hydrogen (secondary N) is 1. The number of amides is 1. The highest BCUT2D eigenvalue weighted by Crippen LogP contribution is 2.30. The Hall–Kier alpha value is -1.32. The minimum absolute atomic E-state index is 0.0573. The van der Waals surface area contributed by atoms with E-state index in [-0.39, 0.29) is 5.91 Å². The van der Waals surface area contributed by atoms with E-state index < -0.39 is 0 Å². The fraction of sp³-hybridized carbons (Fsp3) is 0.556. The van der Waals surface area contributed by atoms with Crippen LogP contribution in [-0.2, 0) is 6.54 Å². The summed E-state index contributed by atoms with van der Waals surface area (Å²) in [4.78, 5) is 11.3. The summed E-state index contributed by atoms with van der Waals surface area (Å²) in [5.41, 5.74) is 0.661. The monoisotopic (exact) mass is 179 g/mol. The third-order valence-electron chi connectivity index (χ3n) is 2.30. The minimum atomic E-state index is -0.0573. The summed E-state index contributed by atoms with van der Waals surface area (Å²) in [6.07, 6.45) is 4.22. The van der Waals surface area contributed by atoms with Crippen LogP contribution < -0.4 is 5.32 Å². The first-order valence-electron chi connectivity index (χ1n) is 4.55. The molecular weight excluding hydrogens is 166 g/mol. The third kappa shape index (κ3) is 1.71. The molecule has 2 rings (SSSR count). The van der Waals surface area contributed by atoms with Crippen LogP contribution in [-0.4, -0.2) is 22.7 Å². The van der Waals surface area contributed by atoms with Gasteiger partial charge in [-0.05, 0) is 24.8 Å². The van der Waals surface area contributed by atoms with Gasteiger partial charge in [-0.1, -0.05) is 0 Å². The zero-order valence-electron chi connectivity index (χ0n) is 7.66. The fourth-order valence-electron chi connectivity index (χ4n) is 1.34. The van der Waals surface area contributed by atoms with Crippen LogP contribution in [0.5, 0.6) is 0 Å². The topological polar surface area (TPSA) is 46.9 Å². The van der Waals surface area contributed by atoms with Crippen molar-refractivity contribution in [2.24, 2.45) is 5.92 Å². The summed E-state index contributed by atoms with van der Waals surface area (Å²) in [5.74, 6) is 0.682. The smallest absolute Gasteiger partial charge is 0.269 e. The summed E-state index contributed by atoms with van der Waals surface area (Å²) < 4.78 is 1.79. The van der Waals surface area contributed by atoms with Crippen LogP contribution in [0, 0.1) is 5.92 Å². The number of aromatic nitrogens is 2. The van der Waals surface area contributed by atoms with Crippen molar-refractivity contribution < 1.29 is 4.79 Å². The van der Waals surface area contributed by atoms with E-state index in [2.05, 4.69) is 10.4 Å². The molecule has 0 aromatic carbocycles. The number of nitrogens with zero attached hydrogens (tertiary/aromatic N) is 2. The van der Waals surface area contributed by atoms with Crippen molar-refractivity contribution in [3.63, 3.8) is 0 Å². The van der Waals surface area contributed by atoms with Gasteiger partial charge in [-0.2, -0.15) is 5.10 Å². The second-order valence-corrected chi connectivity index (χ2v) is 3.42. The highest BCUT2D eigenvalue weighted by atomic mass is 16.1. The van der Waals surface area contributed by atoms with E-state index in [4.69, 9.17) is 0 Å². The van der Waals surface area contributed by atoms with Gasteiger partial charge in [0, 0.05) is 19.8 Å². The van der Waals surface area contributed by atoms with Gasteiger partial charge in [0.25, 0.3) is 5.91 Å². The molecule has 1 fully saturated rings.